The van der Waals surface area contributed by atoms with Crippen LogP contribution < -0.4 is 0 Å². The monoisotopic (exact) mass is 362 g/mol. The second-order valence-electron chi connectivity index (χ2n) is 5.92. The molecule has 1 heterocycles. The highest BCUT2D eigenvalue weighted by atomic mass is 19.1. The Hall–Kier alpha value is -3.67. The van der Waals surface area contributed by atoms with Crippen molar-refractivity contribution in [3.63, 3.8) is 0 Å². The minimum Gasteiger partial charge on any atom is -0.476 e. The number of nitrogens with zero attached hydrogens (tertiary/aromatic N) is 2. The molecule has 27 heavy (non-hydrogen) atoms. The average molecular weight is 362 g/mol. The molecule has 6 heteroatoms. The number of aromatic nitrogens is 2. The molecule has 4 nitrogen and oxygen atoms in total. The molecule has 0 radical (unpaired) electrons. The molecule has 0 fully saturated rings. The maximum atomic E-state index is 13.9. The van der Waals surface area contributed by atoms with E-state index in [9.17, 15) is 18.7 Å². The van der Waals surface area contributed by atoms with Crippen molar-refractivity contribution in [2.45, 2.75) is 0 Å². The molecule has 0 aliphatic carbocycles. The van der Waals surface area contributed by atoms with Crippen molar-refractivity contribution in [2.24, 2.45) is 0 Å². The van der Waals surface area contributed by atoms with Crippen LogP contribution in [0, 0.1) is 11.6 Å². The lowest BCUT2D eigenvalue weighted by Gasteiger charge is -2.08. The summed E-state index contributed by atoms with van der Waals surface area (Å²) < 4.78 is 27.4. The Bertz CT molecular complexity index is 1170. The van der Waals surface area contributed by atoms with E-state index in [0.717, 1.165) is 6.07 Å². The molecule has 0 saturated heterocycles. The van der Waals surface area contributed by atoms with E-state index in [4.69, 9.17) is 0 Å². The summed E-state index contributed by atoms with van der Waals surface area (Å²) in [5, 5.41) is 9.55. The third-order valence-electron chi connectivity index (χ3n) is 4.19. The Kier molecular flexibility index (Phi) is 4.08. The van der Waals surface area contributed by atoms with Crippen molar-refractivity contribution in [1.29, 1.82) is 0 Å². The van der Waals surface area contributed by atoms with E-state index in [0.29, 0.717) is 22.2 Å². The molecule has 0 atom stereocenters. The molecule has 3 aromatic carbocycles. The van der Waals surface area contributed by atoms with Gasteiger partial charge in [-0.15, -0.1) is 0 Å². The SMILES string of the molecule is O=C(O)c1nc(-c2ccc(-c3ccccc3F)cc2)nc2ccc(F)cc12. The molecule has 0 saturated carbocycles. The zero-order valence-corrected chi connectivity index (χ0v) is 13.9. The van der Waals surface area contributed by atoms with Crippen LogP contribution in [0.5, 0.6) is 0 Å². The first-order chi connectivity index (χ1) is 13.0. The maximum absolute atomic E-state index is 13.9. The fourth-order valence-electron chi connectivity index (χ4n) is 2.89. The van der Waals surface area contributed by atoms with Gasteiger partial charge in [0.25, 0.3) is 0 Å². The first-order valence-electron chi connectivity index (χ1n) is 8.09. The molecular formula is C21H12F2N2O2. The van der Waals surface area contributed by atoms with Gasteiger partial charge in [0.05, 0.1) is 5.52 Å². The van der Waals surface area contributed by atoms with Crippen LogP contribution in [0.15, 0.2) is 66.7 Å². The molecule has 1 aromatic heterocycles. The summed E-state index contributed by atoms with van der Waals surface area (Å²) in [7, 11) is 0. The standard InChI is InChI=1S/C21H12F2N2O2/c22-14-9-10-18-16(11-14)19(21(26)27)25-20(24-18)13-7-5-12(6-8-13)15-3-1-2-4-17(15)23/h1-11H,(H,26,27). The highest BCUT2D eigenvalue weighted by Crippen LogP contribution is 2.27. The fourth-order valence-corrected chi connectivity index (χ4v) is 2.89. The number of fused-ring (bicyclic) bond motifs is 1. The predicted molar refractivity (Wildman–Crippen MR) is 97.3 cm³/mol. The summed E-state index contributed by atoms with van der Waals surface area (Å²) in [5.41, 5.74) is 1.77. The number of hydrogen-bond acceptors (Lipinski definition) is 3. The molecule has 4 rings (SSSR count). The van der Waals surface area contributed by atoms with Crippen molar-refractivity contribution in [1.82, 2.24) is 9.97 Å². The molecule has 0 bridgehead atoms. The van der Waals surface area contributed by atoms with E-state index in [1.807, 2.05) is 0 Å². The van der Waals surface area contributed by atoms with E-state index in [-0.39, 0.29) is 22.7 Å². The van der Waals surface area contributed by atoms with Gasteiger partial charge in [0.2, 0.25) is 0 Å². The zero-order valence-electron chi connectivity index (χ0n) is 13.9. The van der Waals surface area contributed by atoms with Crippen molar-refractivity contribution >= 4 is 16.9 Å². The largest absolute Gasteiger partial charge is 0.476 e. The average Bonchev–Trinajstić information content (AvgIpc) is 2.67. The second kappa shape index (κ2) is 6.57. The predicted octanol–water partition coefficient (Wildman–Crippen LogP) is 4.94. The minimum atomic E-state index is -1.27. The Balaban J connectivity index is 1.82. The van der Waals surface area contributed by atoms with Gasteiger partial charge in [-0.2, -0.15) is 0 Å². The van der Waals surface area contributed by atoms with E-state index >= 15 is 0 Å². The number of benzene rings is 3. The quantitative estimate of drug-likeness (QED) is 0.561. The number of carboxylic acid groups (broad SMARTS) is 1. The maximum Gasteiger partial charge on any atom is 0.355 e. The Morgan fingerprint density at radius 2 is 1.56 bits per heavy atom. The van der Waals surface area contributed by atoms with Crippen molar-refractivity contribution in [3.8, 4) is 22.5 Å². The summed E-state index contributed by atoms with van der Waals surface area (Å²) in [6, 6.07) is 17.0. The lowest BCUT2D eigenvalue weighted by Crippen LogP contribution is -2.05. The van der Waals surface area contributed by atoms with Crippen LogP contribution in [0.25, 0.3) is 33.4 Å². The van der Waals surface area contributed by atoms with Crippen LogP contribution in [0.2, 0.25) is 0 Å². The summed E-state index contributed by atoms with van der Waals surface area (Å²) >= 11 is 0. The van der Waals surface area contributed by atoms with Crippen LogP contribution in [-0.4, -0.2) is 21.0 Å². The van der Waals surface area contributed by atoms with E-state index in [1.165, 1.54) is 18.2 Å². The van der Waals surface area contributed by atoms with Crippen LogP contribution in [0.1, 0.15) is 10.5 Å². The van der Waals surface area contributed by atoms with Crippen molar-refractivity contribution in [2.75, 3.05) is 0 Å². The number of carboxylic acids is 1. The van der Waals surface area contributed by atoms with Gasteiger partial charge < -0.3 is 5.11 Å². The summed E-state index contributed by atoms with van der Waals surface area (Å²) in [6.07, 6.45) is 0. The molecule has 0 aliphatic rings. The van der Waals surface area contributed by atoms with Gasteiger partial charge in [0, 0.05) is 16.5 Å². The van der Waals surface area contributed by atoms with Crippen LogP contribution in [-0.2, 0) is 0 Å². The van der Waals surface area contributed by atoms with Crippen molar-refractivity contribution in [3.05, 3.63) is 84.1 Å². The first kappa shape index (κ1) is 16.8. The zero-order chi connectivity index (χ0) is 19.0. The van der Waals surface area contributed by atoms with Gasteiger partial charge in [-0.1, -0.05) is 42.5 Å². The normalized spacial score (nSPS) is 10.9. The molecule has 0 amide bonds. The van der Waals surface area contributed by atoms with Gasteiger partial charge >= 0.3 is 5.97 Å². The summed E-state index contributed by atoms with van der Waals surface area (Å²) in [6.45, 7) is 0. The Morgan fingerprint density at radius 1 is 0.852 bits per heavy atom. The van der Waals surface area contributed by atoms with E-state index in [1.54, 1.807) is 42.5 Å². The molecule has 4 aromatic rings. The number of aromatic carboxylic acids is 1. The molecule has 0 spiro atoms. The number of hydrogen-bond donors (Lipinski definition) is 1. The lowest BCUT2D eigenvalue weighted by atomic mass is 10.0. The van der Waals surface area contributed by atoms with Crippen LogP contribution >= 0.6 is 0 Å². The lowest BCUT2D eigenvalue weighted by molar-refractivity contribution is 0.0693. The first-order valence-corrected chi connectivity index (χ1v) is 8.09. The third-order valence-corrected chi connectivity index (χ3v) is 4.19. The van der Waals surface area contributed by atoms with Crippen LogP contribution in [0.3, 0.4) is 0 Å². The summed E-state index contributed by atoms with van der Waals surface area (Å²) in [4.78, 5) is 19.9. The van der Waals surface area contributed by atoms with Gasteiger partial charge in [0.15, 0.2) is 11.5 Å². The topological polar surface area (TPSA) is 63.1 Å². The molecule has 0 unspecified atom stereocenters. The van der Waals surface area contributed by atoms with Gasteiger partial charge in [-0.05, 0) is 29.8 Å². The molecule has 132 valence electrons. The van der Waals surface area contributed by atoms with Crippen molar-refractivity contribution < 1.29 is 18.7 Å². The molecule has 1 N–H and O–H groups in total. The van der Waals surface area contributed by atoms with Gasteiger partial charge in [0.1, 0.15) is 11.6 Å². The Morgan fingerprint density at radius 3 is 2.26 bits per heavy atom. The van der Waals surface area contributed by atoms with E-state index < -0.39 is 11.8 Å². The molecule has 0 aliphatic heterocycles. The number of carbonyl (C=O) groups is 1. The highest BCUT2D eigenvalue weighted by Gasteiger charge is 2.16. The van der Waals surface area contributed by atoms with Gasteiger partial charge in [-0.25, -0.2) is 23.5 Å². The third kappa shape index (κ3) is 3.13. The minimum absolute atomic E-state index is 0.134. The number of halogens is 2. The highest BCUT2D eigenvalue weighted by molar-refractivity contribution is 6.01. The van der Waals surface area contributed by atoms with Gasteiger partial charge in [-0.3, -0.25) is 0 Å². The summed E-state index contributed by atoms with van der Waals surface area (Å²) in [5.74, 6) is -1.96. The van der Waals surface area contributed by atoms with Crippen LogP contribution in [0.4, 0.5) is 8.78 Å². The number of rotatable bonds is 3. The second-order valence-corrected chi connectivity index (χ2v) is 5.92. The molecular weight excluding hydrogens is 350 g/mol. The van der Waals surface area contributed by atoms with E-state index in [2.05, 4.69) is 9.97 Å². The Labute approximate surface area is 152 Å². The smallest absolute Gasteiger partial charge is 0.355 e. The fraction of sp³-hybridized carbons (Fsp3) is 0.